The molecule has 1 N–H and O–H groups in total. The Kier molecular flexibility index (Phi) is 5.97. The summed E-state index contributed by atoms with van der Waals surface area (Å²) in [6.07, 6.45) is 3.92. The van der Waals surface area contributed by atoms with Crippen LogP contribution in [0, 0.1) is 5.41 Å². The minimum absolute atomic E-state index is 0.0877. The van der Waals surface area contributed by atoms with E-state index < -0.39 is 5.41 Å². The molecule has 0 spiro atoms. The fraction of sp³-hybridized carbons (Fsp3) is 0.375. The van der Waals surface area contributed by atoms with Crippen molar-refractivity contribution in [3.05, 3.63) is 60.4 Å². The van der Waals surface area contributed by atoms with Crippen LogP contribution in [0.5, 0.6) is 0 Å². The van der Waals surface area contributed by atoms with Crippen LogP contribution >= 0.6 is 0 Å². The zero-order valence-electron chi connectivity index (χ0n) is 16.8. The van der Waals surface area contributed by atoms with Gasteiger partial charge < -0.3 is 19.2 Å². The highest BCUT2D eigenvalue weighted by molar-refractivity contribution is 5.95. The van der Waals surface area contributed by atoms with E-state index in [1.54, 1.807) is 7.11 Å². The van der Waals surface area contributed by atoms with E-state index >= 15 is 0 Å². The lowest BCUT2D eigenvalue weighted by atomic mass is 9.73. The van der Waals surface area contributed by atoms with Crippen molar-refractivity contribution >= 4 is 16.9 Å². The first-order valence-corrected chi connectivity index (χ1v) is 10.1. The van der Waals surface area contributed by atoms with Crippen LogP contribution in [-0.4, -0.2) is 39.4 Å². The highest BCUT2D eigenvalue weighted by atomic mass is 16.5. The van der Waals surface area contributed by atoms with E-state index in [2.05, 4.69) is 23.5 Å². The molecule has 1 saturated heterocycles. The van der Waals surface area contributed by atoms with Crippen LogP contribution in [-0.2, 0) is 20.7 Å². The number of para-hydroxylation sites is 1. The summed E-state index contributed by atoms with van der Waals surface area (Å²) in [5, 5.41) is 4.15. The lowest BCUT2D eigenvalue weighted by molar-refractivity contribution is -0.136. The molecular weight excluding hydrogens is 366 g/mol. The summed E-state index contributed by atoms with van der Waals surface area (Å²) < 4.78 is 16.4. The van der Waals surface area contributed by atoms with Crippen molar-refractivity contribution in [1.82, 2.24) is 5.32 Å². The lowest BCUT2D eigenvalue weighted by Crippen LogP contribution is -2.47. The maximum atomic E-state index is 13.2. The Morgan fingerprint density at radius 2 is 1.83 bits per heavy atom. The van der Waals surface area contributed by atoms with E-state index in [4.69, 9.17) is 13.9 Å². The minimum atomic E-state index is -0.471. The average molecular weight is 393 g/mol. The summed E-state index contributed by atoms with van der Waals surface area (Å²) in [6.45, 7) is 2.24. The van der Waals surface area contributed by atoms with Crippen LogP contribution in [0.1, 0.15) is 18.4 Å². The van der Waals surface area contributed by atoms with E-state index in [1.165, 1.54) is 0 Å². The summed E-state index contributed by atoms with van der Waals surface area (Å²) in [5.74, 6) is 0.0877. The lowest BCUT2D eigenvalue weighted by Gasteiger charge is -2.36. The van der Waals surface area contributed by atoms with Crippen LogP contribution < -0.4 is 5.32 Å². The number of carbonyl (C=O) groups is 1. The van der Waals surface area contributed by atoms with Gasteiger partial charge in [-0.1, -0.05) is 42.5 Å². The maximum Gasteiger partial charge on any atom is 0.226 e. The Bertz CT molecular complexity index is 972. The number of hydrogen-bond acceptors (Lipinski definition) is 4. The summed E-state index contributed by atoms with van der Waals surface area (Å²) in [4.78, 5) is 13.2. The quantitative estimate of drug-likeness (QED) is 0.611. The molecule has 3 aromatic rings. The van der Waals surface area contributed by atoms with Gasteiger partial charge in [-0.05, 0) is 36.5 Å². The van der Waals surface area contributed by atoms with Gasteiger partial charge in [0.15, 0.2) is 0 Å². The molecule has 152 valence electrons. The number of fused-ring (bicyclic) bond motifs is 1. The third kappa shape index (κ3) is 4.07. The summed E-state index contributed by atoms with van der Waals surface area (Å²) in [7, 11) is 1.64. The van der Waals surface area contributed by atoms with Crippen LogP contribution in [0.2, 0.25) is 0 Å². The predicted octanol–water partition coefficient (Wildman–Crippen LogP) is 4.20. The van der Waals surface area contributed by atoms with Crippen molar-refractivity contribution in [2.75, 3.05) is 33.5 Å². The third-order valence-corrected chi connectivity index (χ3v) is 5.84. The summed E-state index contributed by atoms with van der Waals surface area (Å²) >= 11 is 0. The molecular formula is C24H27NO4. The van der Waals surface area contributed by atoms with Crippen LogP contribution in [0.15, 0.2) is 59.2 Å². The zero-order valence-corrected chi connectivity index (χ0v) is 16.8. The molecule has 2 heterocycles. The Morgan fingerprint density at radius 1 is 1.07 bits per heavy atom. The first-order valence-electron chi connectivity index (χ1n) is 10.1. The van der Waals surface area contributed by atoms with Crippen LogP contribution in [0.25, 0.3) is 22.1 Å². The number of methoxy groups -OCH3 is 1. The van der Waals surface area contributed by atoms with Gasteiger partial charge in [-0.2, -0.15) is 0 Å². The molecule has 2 aromatic carbocycles. The van der Waals surface area contributed by atoms with Gasteiger partial charge in [0, 0.05) is 37.8 Å². The van der Waals surface area contributed by atoms with Crippen molar-refractivity contribution in [1.29, 1.82) is 0 Å². The molecule has 0 atom stereocenters. The van der Waals surface area contributed by atoms with Crippen molar-refractivity contribution in [3.63, 3.8) is 0 Å². The number of furan rings is 1. The standard InChI is InChI=1S/C24H27NO4/c1-27-15-12-25-23(26)24(10-13-28-14-11-24)16-18-6-2-3-7-19(18)21-17-29-22-9-5-4-8-20(21)22/h2-9,17H,10-16H2,1H3,(H,25,26). The molecule has 4 rings (SSSR count). The molecule has 0 unspecified atom stereocenters. The Labute approximate surface area is 171 Å². The normalized spacial score (nSPS) is 16.0. The largest absolute Gasteiger partial charge is 0.464 e. The first kappa shape index (κ1) is 19.7. The summed E-state index contributed by atoms with van der Waals surface area (Å²) in [6, 6.07) is 16.4. The summed E-state index contributed by atoms with van der Waals surface area (Å²) in [5.41, 5.74) is 3.74. The number of rotatable bonds is 7. The maximum absolute atomic E-state index is 13.2. The Hall–Kier alpha value is -2.63. The fourth-order valence-electron chi connectivity index (χ4n) is 4.19. The molecule has 5 heteroatoms. The molecule has 0 bridgehead atoms. The number of ether oxygens (including phenoxy) is 2. The second-order valence-electron chi connectivity index (χ2n) is 7.62. The van der Waals surface area contributed by atoms with Crippen molar-refractivity contribution in [3.8, 4) is 11.1 Å². The highest BCUT2D eigenvalue weighted by Crippen LogP contribution is 2.39. The predicted molar refractivity (Wildman–Crippen MR) is 113 cm³/mol. The Balaban J connectivity index is 1.68. The molecule has 1 amide bonds. The fourth-order valence-corrected chi connectivity index (χ4v) is 4.19. The molecule has 5 nitrogen and oxygen atoms in total. The van der Waals surface area contributed by atoms with Crippen molar-refractivity contribution in [2.45, 2.75) is 19.3 Å². The molecule has 0 radical (unpaired) electrons. The van der Waals surface area contributed by atoms with Gasteiger partial charge in [0.25, 0.3) is 0 Å². The second kappa shape index (κ2) is 8.80. The van der Waals surface area contributed by atoms with Crippen molar-refractivity contribution < 1.29 is 18.7 Å². The zero-order chi connectivity index (χ0) is 20.1. The smallest absolute Gasteiger partial charge is 0.226 e. The number of amides is 1. The molecule has 1 aliphatic heterocycles. The second-order valence-corrected chi connectivity index (χ2v) is 7.62. The number of benzene rings is 2. The molecule has 1 fully saturated rings. The first-order chi connectivity index (χ1) is 14.2. The van der Waals surface area contributed by atoms with E-state index in [0.717, 1.165) is 27.7 Å². The molecule has 1 aromatic heterocycles. The molecule has 0 aliphatic carbocycles. The highest BCUT2D eigenvalue weighted by Gasteiger charge is 2.40. The molecule has 29 heavy (non-hydrogen) atoms. The van der Waals surface area contributed by atoms with Gasteiger partial charge in [0.2, 0.25) is 5.91 Å². The van der Waals surface area contributed by atoms with Crippen LogP contribution in [0.3, 0.4) is 0 Å². The minimum Gasteiger partial charge on any atom is -0.464 e. The van der Waals surface area contributed by atoms with Crippen molar-refractivity contribution in [2.24, 2.45) is 5.41 Å². The van der Waals surface area contributed by atoms with E-state index in [1.807, 2.05) is 36.6 Å². The van der Waals surface area contributed by atoms with E-state index in [0.29, 0.717) is 45.6 Å². The van der Waals surface area contributed by atoms with Gasteiger partial charge in [0.1, 0.15) is 5.58 Å². The number of hydrogen-bond donors (Lipinski definition) is 1. The number of carbonyl (C=O) groups excluding carboxylic acids is 1. The van der Waals surface area contributed by atoms with Gasteiger partial charge in [0.05, 0.1) is 18.3 Å². The SMILES string of the molecule is COCCNC(=O)C1(Cc2ccccc2-c2coc3ccccc23)CCOCC1. The van der Waals surface area contributed by atoms with Gasteiger partial charge in [-0.3, -0.25) is 4.79 Å². The average Bonchev–Trinajstić information content (AvgIpc) is 3.19. The monoisotopic (exact) mass is 393 g/mol. The molecule has 1 aliphatic rings. The third-order valence-electron chi connectivity index (χ3n) is 5.84. The van der Waals surface area contributed by atoms with Crippen LogP contribution in [0.4, 0.5) is 0 Å². The van der Waals surface area contributed by atoms with Gasteiger partial charge in [-0.15, -0.1) is 0 Å². The van der Waals surface area contributed by atoms with Gasteiger partial charge in [-0.25, -0.2) is 0 Å². The molecule has 0 saturated carbocycles. The van der Waals surface area contributed by atoms with E-state index in [-0.39, 0.29) is 5.91 Å². The van der Waals surface area contributed by atoms with E-state index in [9.17, 15) is 4.79 Å². The van der Waals surface area contributed by atoms with Gasteiger partial charge >= 0.3 is 0 Å². The number of nitrogens with one attached hydrogen (secondary N) is 1. The topological polar surface area (TPSA) is 60.7 Å². The Morgan fingerprint density at radius 3 is 2.66 bits per heavy atom.